The molecule has 0 fully saturated rings. The van der Waals surface area contributed by atoms with Crippen LogP contribution in [-0.2, 0) is 6.54 Å². The van der Waals surface area contributed by atoms with Gasteiger partial charge in [-0.25, -0.2) is 9.37 Å². The molecule has 0 atom stereocenters. The van der Waals surface area contributed by atoms with Gasteiger partial charge in [0.15, 0.2) is 0 Å². The largest absolute Gasteiger partial charge is 0.405 e. The van der Waals surface area contributed by atoms with Gasteiger partial charge in [0.25, 0.3) is 0 Å². The van der Waals surface area contributed by atoms with Gasteiger partial charge in [0.05, 0.1) is 6.20 Å². The molecule has 0 aromatic carbocycles. The topological polar surface area (TPSA) is 28.2 Å². The SMILES string of the molecule is CCCNCc1cc(F)cnc1N(C)CC(F)(F)F. The highest BCUT2D eigenvalue weighted by molar-refractivity contribution is 5.46. The van der Waals surface area contributed by atoms with Crippen LogP contribution in [0.5, 0.6) is 0 Å². The van der Waals surface area contributed by atoms with Crippen LogP contribution >= 0.6 is 0 Å². The van der Waals surface area contributed by atoms with Crippen molar-refractivity contribution in [2.24, 2.45) is 0 Å². The first kappa shape index (κ1) is 15.7. The van der Waals surface area contributed by atoms with E-state index in [1.54, 1.807) is 0 Å². The minimum absolute atomic E-state index is 0.141. The molecule has 0 unspecified atom stereocenters. The fraction of sp³-hybridized carbons (Fsp3) is 0.583. The Morgan fingerprint density at radius 3 is 2.63 bits per heavy atom. The second-order valence-electron chi connectivity index (χ2n) is 4.28. The maximum absolute atomic E-state index is 13.1. The van der Waals surface area contributed by atoms with E-state index in [1.165, 1.54) is 13.1 Å². The summed E-state index contributed by atoms with van der Waals surface area (Å²) >= 11 is 0. The third-order valence-electron chi connectivity index (χ3n) is 2.43. The number of halogens is 4. The summed E-state index contributed by atoms with van der Waals surface area (Å²) in [5, 5.41) is 3.02. The Balaban J connectivity index is 2.86. The molecule has 0 aliphatic rings. The molecule has 108 valence electrons. The monoisotopic (exact) mass is 279 g/mol. The zero-order valence-corrected chi connectivity index (χ0v) is 10.9. The number of nitrogens with one attached hydrogen (secondary N) is 1. The Morgan fingerprint density at radius 1 is 1.37 bits per heavy atom. The van der Waals surface area contributed by atoms with Crippen molar-refractivity contribution in [3.05, 3.63) is 23.6 Å². The summed E-state index contributed by atoms with van der Waals surface area (Å²) in [6.07, 6.45) is -2.51. The molecule has 0 aliphatic heterocycles. The van der Waals surface area contributed by atoms with Crippen molar-refractivity contribution in [1.29, 1.82) is 0 Å². The van der Waals surface area contributed by atoms with Crippen molar-refractivity contribution < 1.29 is 17.6 Å². The van der Waals surface area contributed by atoms with Crippen LogP contribution in [0.15, 0.2) is 12.3 Å². The highest BCUT2D eigenvalue weighted by Gasteiger charge is 2.30. The molecule has 1 aromatic heterocycles. The minimum atomic E-state index is -4.32. The second kappa shape index (κ2) is 6.70. The van der Waals surface area contributed by atoms with E-state index >= 15 is 0 Å². The van der Waals surface area contributed by atoms with Crippen molar-refractivity contribution in [3.8, 4) is 0 Å². The third-order valence-corrected chi connectivity index (χ3v) is 2.43. The number of hydrogen-bond donors (Lipinski definition) is 1. The molecule has 0 spiro atoms. The van der Waals surface area contributed by atoms with Crippen molar-refractivity contribution in [1.82, 2.24) is 10.3 Å². The number of hydrogen-bond acceptors (Lipinski definition) is 3. The van der Waals surface area contributed by atoms with E-state index < -0.39 is 18.5 Å². The van der Waals surface area contributed by atoms with E-state index in [0.717, 1.165) is 17.5 Å². The van der Waals surface area contributed by atoms with Crippen molar-refractivity contribution in [2.45, 2.75) is 26.1 Å². The Labute approximate surface area is 109 Å². The summed E-state index contributed by atoms with van der Waals surface area (Å²) in [4.78, 5) is 4.73. The summed E-state index contributed by atoms with van der Waals surface area (Å²) in [6.45, 7) is 1.84. The van der Waals surface area contributed by atoms with Crippen LogP contribution in [0, 0.1) is 5.82 Å². The first-order chi connectivity index (χ1) is 8.83. The Bertz CT molecular complexity index is 406. The lowest BCUT2D eigenvalue weighted by molar-refractivity contribution is -0.119. The Morgan fingerprint density at radius 2 is 2.05 bits per heavy atom. The number of pyridine rings is 1. The lowest BCUT2D eigenvalue weighted by Gasteiger charge is -2.22. The van der Waals surface area contributed by atoms with Gasteiger partial charge >= 0.3 is 6.18 Å². The molecule has 7 heteroatoms. The molecule has 0 amide bonds. The summed E-state index contributed by atoms with van der Waals surface area (Å²) in [6, 6.07) is 1.21. The molecule has 1 rings (SSSR count). The quantitative estimate of drug-likeness (QED) is 0.641. The summed E-state index contributed by atoms with van der Waals surface area (Å²) < 4.78 is 50.2. The average Bonchev–Trinajstić information content (AvgIpc) is 2.27. The lowest BCUT2D eigenvalue weighted by atomic mass is 10.2. The zero-order valence-electron chi connectivity index (χ0n) is 10.9. The molecule has 1 heterocycles. The summed E-state index contributed by atoms with van der Waals surface area (Å²) in [5.41, 5.74) is 0.417. The maximum atomic E-state index is 13.1. The minimum Gasteiger partial charge on any atom is -0.350 e. The molecular formula is C12H17F4N3. The predicted molar refractivity (Wildman–Crippen MR) is 65.5 cm³/mol. The fourth-order valence-electron chi connectivity index (χ4n) is 1.69. The van der Waals surface area contributed by atoms with Crippen LogP contribution in [0.4, 0.5) is 23.4 Å². The van der Waals surface area contributed by atoms with Gasteiger partial charge in [-0.05, 0) is 19.0 Å². The molecular weight excluding hydrogens is 262 g/mol. The van der Waals surface area contributed by atoms with E-state index in [2.05, 4.69) is 10.3 Å². The normalized spacial score (nSPS) is 11.7. The van der Waals surface area contributed by atoms with Crippen LogP contribution in [0.3, 0.4) is 0 Å². The van der Waals surface area contributed by atoms with Gasteiger partial charge in [-0.1, -0.05) is 6.92 Å². The highest BCUT2D eigenvalue weighted by Crippen LogP contribution is 2.22. The van der Waals surface area contributed by atoms with Gasteiger partial charge in [0.1, 0.15) is 18.2 Å². The first-order valence-electron chi connectivity index (χ1n) is 5.96. The van der Waals surface area contributed by atoms with Crippen LogP contribution in [-0.4, -0.2) is 31.3 Å². The van der Waals surface area contributed by atoms with Gasteiger partial charge in [-0.3, -0.25) is 0 Å². The molecule has 0 saturated carbocycles. The molecule has 0 saturated heterocycles. The molecule has 3 nitrogen and oxygen atoms in total. The molecule has 1 aromatic rings. The molecule has 19 heavy (non-hydrogen) atoms. The zero-order chi connectivity index (χ0) is 14.5. The van der Waals surface area contributed by atoms with Crippen LogP contribution in [0.2, 0.25) is 0 Å². The lowest BCUT2D eigenvalue weighted by Crippen LogP contribution is -2.32. The molecule has 0 bridgehead atoms. The molecule has 0 aliphatic carbocycles. The van der Waals surface area contributed by atoms with Gasteiger partial charge in [-0.15, -0.1) is 0 Å². The second-order valence-corrected chi connectivity index (χ2v) is 4.28. The Kier molecular flexibility index (Phi) is 5.53. The molecule has 0 radical (unpaired) electrons. The van der Waals surface area contributed by atoms with E-state index in [-0.39, 0.29) is 12.4 Å². The van der Waals surface area contributed by atoms with Gasteiger partial charge in [0, 0.05) is 19.2 Å². The fourth-order valence-corrected chi connectivity index (χ4v) is 1.69. The smallest absolute Gasteiger partial charge is 0.350 e. The van der Waals surface area contributed by atoms with Gasteiger partial charge in [0.2, 0.25) is 0 Å². The number of aromatic nitrogens is 1. The Hall–Kier alpha value is -1.37. The van der Waals surface area contributed by atoms with E-state index in [4.69, 9.17) is 0 Å². The summed E-state index contributed by atoms with van der Waals surface area (Å²) in [7, 11) is 1.29. The predicted octanol–water partition coefficient (Wildman–Crippen LogP) is 2.72. The number of anilines is 1. The number of rotatable bonds is 6. The number of alkyl halides is 3. The van der Waals surface area contributed by atoms with Crippen molar-refractivity contribution in [3.63, 3.8) is 0 Å². The van der Waals surface area contributed by atoms with Gasteiger partial charge in [-0.2, -0.15) is 13.2 Å². The number of nitrogens with zero attached hydrogens (tertiary/aromatic N) is 2. The van der Waals surface area contributed by atoms with Gasteiger partial charge < -0.3 is 10.2 Å². The molecule has 1 N–H and O–H groups in total. The van der Waals surface area contributed by atoms with Crippen LogP contribution < -0.4 is 10.2 Å². The van der Waals surface area contributed by atoms with E-state index in [0.29, 0.717) is 12.1 Å². The van der Waals surface area contributed by atoms with E-state index in [9.17, 15) is 17.6 Å². The summed E-state index contributed by atoms with van der Waals surface area (Å²) in [5.74, 6) is -0.417. The van der Waals surface area contributed by atoms with Crippen LogP contribution in [0.1, 0.15) is 18.9 Å². The maximum Gasteiger partial charge on any atom is 0.405 e. The van der Waals surface area contributed by atoms with Crippen molar-refractivity contribution >= 4 is 5.82 Å². The van der Waals surface area contributed by atoms with Crippen LogP contribution in [0.25, 0.3) is 0 Å². The average molecular weight is 279 g/mol. The highest BCUT2D eigenvalue weighted by atomic mass is 19.4. The standard InChI is InChI=1S/C12H17F4N3/c1-3-4-17-6-9-5-10(13)7-18-11(9)19(2)8-12(14,15)16/h5,7,17H,3-4,6,8H2,1-2H3. The first-order valence-corrected chi connectivity index (χ1v) is 5.96. The third kappa shape index (κ3) is 5.42. The van der Waals surface area contributed by atoms with E-state index in [1.807, 2.05) is 6.92 Å². The van der Waals surface area contributed by atoms with Crippen molar-refractivity contribution in [2.75, 3.05) is 25.0 Å².